The second-order valence-corrected chi connectivity index (χ2v) is 11.2. The zero-order chi connectivity index (χ0) is 27.8. The lowest BCUT2D eigenvalue weighted by Gasteiger charge is -2.34. The number of nitrogens with one attached hydrogen (secondary N) is 1. The molecular formula is C28H36NO7P. The van der Waals surface area contributed by atoms with Crippen molar-refractivity contribution in [1.82, 2.24) is 5.09 Å². The van der Waals surface area contributed by atoms with Crippen LogP contribution in [0.1, 0.15) is 38.8 Å². The normalized spacial score (nSPS) is 14.3. The number of carbonyl (C=O) groups is 2. The van der Waals surface area contributed by atoms with Crippen LogP contribution in [0.2, 0.25) is 0 Å². The summed E-state index contributed by atoms with van der Waals surface area (Å²) in [6, 6.07) is 10.8. The van der Waals surface area contributed by atoms with E-state index in [0.29, 0.717) is 35.5 Å². The van der Waals surface area contributed by atoms with Crippen LogP contribution in [-0.4, -0.2) is 36.0 Å². The first-order chi connectivity index (χ1) is 17.4. The van der Waals surface area contributed by atoms with Crippen molar-refractivity contribution < 1.29 is 33.3 Å². The standard InChI is InChI=1S/C28H36NO7P/c1-8-10-21-12-14-26(35-20(5)30)24(16-21)22-13-15-25(23(17-22)11-9-2)36-37(33,18-34-7)29-28(6,19(3)4)27(31)32/h8-9,12-17,19H,1-2,10-11,18H2,3-7H3,(H,29,33)(H,31,32). The van der Waals surface area contributed by atoms with Gasteiger partial charge in [0.2, 0.25) is 0 Å². The molecule has 2 aromatic rings. The summed E-state index contributed by atoms with van der Waals surface area (Å²) in [6.07, 6.45) is 4.15. The molecule has 0 heterocycles. The molecule has 0 aromatic heterocycles. The van der Waals surface area contributed by atoms with E-state index in [2.05, 4.69) is 18.2 Å². The summed E-state index contributed by atoms with van der Waals surface area (Å²) in [5.41, 5.74) is 1.58. The predicted molar refractivity (Wildman–Crippen MR) is 145 cm³/mol. The second kappa shape index (κ2) is 12.9. The van der Waals surface area contributed by atoms with Crippen molar-refractivity contribution in [3.05, 3.63) is 72.8 Å². The van der Waals surface area contributed by atoms with Crippen molar-refractivity contribution in [3.63, 3.8) is 0 Å². The summed E-state index contributed by atoms with van der Waals surface area (Å²) in [4.78, 5) is 23.7. The van der Waals surface area contributed by atoms with E-state index in [1.165, 1.54) is 21.0 Å². The van der Waals surface area contributed by atoms with E-state index in [-0.39, 0.29) is 6.35 Å². The van der Waals surface area contributed by atoms with Crippen molar-refractivity contribution in [3.8, 4) is 22.6 Å². The Morgan fingerprint density at radius 1 is 1.11 bits per heavy atom. The lowest BCUT2D eigenvalue weighted by Crippen LogP contribution is -2.52. The molecule has 0 aliphatic carbocycles. The number of carboxylic acids is 1. The second-order valence-electron chi connectivity index (χ2n) is 9.19. The van der Waals surface area contributed by atoms with Gasteiger partial charge in [0.1, 0.15) is 23.4 Å². The van der Waals surface area contributed by atoms with Gasteiger partial charge in [-0.2, -0.15) is 0 Å². The number of carbonyl (C=O) groups excluding carboxylic acids is 1. The summed E-state index contributed by atoms with van der Waals surface area (Å²) < 4.78 is 30.4. The van der Waals surface area contributed by atoms with Crippen LogP contribution in [0.4, 0.5) is 0 Å². The smallest absolute Gasteiger partial charge is 0.342 e. The third kappa shape index (κ3) is 7.65. The maximum atomic E-state index is 13.8. The third-order valence-electron chi connectivity index (χ3n) is 5.96. The molecule has 0 aliphatic heterocycles. The molecule has 0 saturated heterocycles. The molecular weight excluding hydrogens is 493 g/mol. The number of rotatable bonds is 14. The molecule has 2 unspecified atom stereocenters. The molecule has 37 heavy (non-hydrogen) atoms. The highest BCUT2D eigenvalue weighted by Gasteiger charge is 2.44. The van der Waals surface area contributed by atoms with Crippen molar-refractivity contribution in [2.45, 2.75) is 46.1 Å². The van der Waals surface area contributed by atoms with E-state index >= 15 is 0 Å². The van der Waals surface area contributed by atoms with E-state index in [0.717, 1.165) is 11.1 Å². The fourth-order valence-corrected chi connectivity index (χ4v) is 5.74. The minimum atomic E-state index is -3.82. The molecule has 0 saturated carbocycles. The number of esters is 1. The third-order valence-corrected chi connectivity index (χ3v) is 7.85. The number of carboxylic acid groups (broad SMARTS) is 1. The topological polar surface area (TPSA) is 111 Å². The Hall–Kier alpha value is -3.19. The molecule has 200 valence electrons. The monoisotopic (exact) mass is 529 g/mol. The maximum absolute atomic E-state index is 13.8. The van der Waals surface area contributed by atoms with Crippen molar-refractivity contribution in [2.75, 3.05) is 13.5 Å². The maximum Gasteiger partial charge on any atom is 0.342 e. The average Bonchev–Trinajstić information content (AvgIpc) is 2.81. The molecule has 0 fully saturated rings. The number of ether oxygens (including phenoxy) is 2. The van der Waals surface area contributed by atoms with Gasteiger partial charge in [0.25, 0.3) is 0 Å². The number of hydrogen-bond acceptors (Lipinski definition) is 6. The summed E-state index contributed by atoms with van der Waals surface area (Å²) in [7, 11) is -2.45. The van der Waals surface area contributed by atoms with Crippen LogP contribution >= 0.6 is 7.52 Å². The van der Waals surface area contributed by atoms with Crippen LogP contribution in [-0.2, 0) is 31.7 Å². The Morgan fingerprint density at radius 3 is 2.30 bits per heavy atom. The Kier molecular flexibility index (Phi) is 10.4. The van der Waals surface area contributed by atoms with Crippen LogP contribution in [0.25, 0.3) is 11.1 Å². The highest BCUT2D eigenvalue weighted by Crippen LogP contribution is 2.48. The molecule has 0 aliphatic rings. The number of methoxy groups -OCH3 is 1. The van der Waals surface area contributed by atoms with Gasteiger partial charge in [-0.3, -0.25) is 14.2 Å². The molecule has 0 amide bonds. The zero-order valence-corrected chi connectivity index (χ0v) is 23.0. The number of benzene rings is 2. The summed E-state index contributed by atoms with van der Waals surface area (Å²) >= 11 is 0. The molecule has 0 bridgehead atoms. The van der Waals surface area contributed by atoms with E-state index in [9.17, 15) is 19.3 Å². The molecule has 8 nitrogen and oxygen atoms in total. The minimum Gasteiger partial charge on any atom is -0.480 e. The molecule has 2 atom stereocenters. The van der Waals surface area contributed by atoms with Gasteiger partial charge >= 0.3 is 19.5 Å². The van der Waals surface area contributed by atoms with E-state index in [4.69, 9.17) is 14.0 Å². The van der Waals surface area contributed by atoms with Gasteiger partial charge in [-0.05, 0) is 66.6 Å². The van der Waals surface area contributed by atoms with Crippen molar-refractivity contribution in [2.24, 2.45) is 5.92 Å². The fourth-order valence-electron chi connectivity index (χ4n) is 3.68. The Balaban J connectivity index is 2.58. The van der Waals surface area contributed by atoms with Crippen LogP contribution in [0.5, 0.6) is 11.5 Å². The Bertz CT molecular complexity index is 1210. The molecule has 0 spiro atoms. The summed E-state index contributed by atoms with van der Waals surface area (Å²) in [5, 5.41) is 12.6. The minimum absolute atomic E-state index is 0.296. The van der Waals surface area contributed by atoms with Gasteiger partial charge in [0.15, 0.2) is 0 Å². The van der Waals surface area contributed by atoms with Gasteiger partial charge in [0, 0.05) is 19.6 Å². The van der Waals surface area contributed by atoms with Crippen LogP contribution in [0, 0.1) is 5.92 Å². The molecule has 2 N–H and O–H groups in total. The Labute approximate surface area is 218 Å². The van der Waals surface area contributed by atoms with E-state index in [1.807, 2.05) is 18.2 Å². The van der Waals surface area contributed by atoms with Crippen molar-refractivity contribution >= 4 is 19.5 Å². The number of hydrogen-bond donors (Lipinski definition) is 2. The Morgan fingerprint density at radius 2 is 1.76 bits per heavy atom. The summed E-state index contributed by atoms with van der Waals surface area (Å²) in [5.74, 6) is -1.29. The molecule has 9 heteroatoms. The van der Waals surface area contributed by atoms with E-state index in [1.54, 1.807) is 44.2 Å². The summed E-state index contributed by atoms with van der Waals surface area (Å²) in [6.45, 7) is 13.8. The van der Waals surface area contributed by atoms with Gasteiger partial charge in [0.05, 0.1) is 0 Å². The van der Waals surface area contributed by atoms with E-state index < -0.39 is 30.9 Å². The van der Waals surface area contributed by atoms with Gasteiger partial charge in [-0.15, -0.1) is 13.2 Å². The first-order valence-electron chi connectivity index (χ1n) is 11.9. The first-order valence-corrected chi connectivity index (χ1v) is 13.7. The zero-order valence-electron chi connectivity index (χ0n) is 22.1. The number of allylic oxidation sites excluding steroid dienone is 2. The van der Waals surface area contributed by atoms with Crippen LogP contribution < -0.4 is 14.3 Å². The fraction of sp³-hybridized carbons (Fsp3) is 0.357. The average molecular weight is 530 g/mol. The highest BCUT2D eigenvalue weighted by molar-refractivity contribution is 7.57. The van der Waals surface area contributed by atoms with Gasteiger partial charge < -0.3 is 19.1 Å². The predicted octanol–water partition coefficient (Wildman–Crippen LogP) is 6.00. The first kappa shape index (κ1) is 30.0. The van der Waals surface area contributed by atoms with Gasteiger partial charge in [-0.25, -0.2) is 5.09 Å². The SMILES string of the molecule is C=CCc1ccc(OC(C)=O)c(-c2ccc(OP(=O)(COC)NC(C)(C(=O)O)C(C)C)c(CC=C)c2)c1. The van der Waals surface area contributed by atoms with Crippen LogP contribution in [0.15, 0.2) is 61.7 Å². The van der Waals surface area contributed by atoms with Crippen LogP contribution in [0.3, 0.4) is 0 Å². The highest BCUT2D eigenvalue weighted by atomic mass is 31.2. The lowest BCUT2D eigenvalue weighted by atomic mass is 9.90. The quantitative estimate of drug-likeness (QED) is 0.133. The molecule has 0 radical (unpaired) electrons. The lowest BCUT2D eigenvalue weighted by molar-refractivity contribution is -0.145. The number of aliphatic carboxylic acids is 1. The van der Waals surface area contributed by atoms with Crippen molar-refractivity contribution in [1.29, 1.82) is 0 Å². The largest absolute Gasteiger partial charge is 0.480 e. The molecule has 2 rings (SSSR count). The van der Waals surface area contributed by atoms with Gasteiger partial charge in [-0.1, -0.05) is 38.1 Å². The molecule has 2 aromatic carbocycles.